The lowest BCUT2D eigenvalue weighted by atomic mass is 10.1. The summed E-state index contributed by atoms with van der Waals surface area (Å²) >= 11 is 0. The number of carbonyl (C=O) groups is 1. The number of ether oxygens (including phenoxy) is 1. The fraction of sp³-hybridized carbons (Fsp3) is 0.240. The Morgan fingerprint density at radius 2 is 1.59 bits per heavy atom. The lowest BCUT2D eigenvalue weighted by molar-refractivity contribution is 0.102. The van der Waals surface area contributed by atoms with Gasteiger partial charge in [0.25, 0.3) is 5.91 Å². The third kappa shape index (κ3) is 5.92. The molecule has 0 aromatic heterocycles. The number of hydrogen-bond donors (Lipinski definition) is 1. The Morgan fingerprint density at radius 3 is 2.21 bits per heavy atom. The van der Waals surface area contributed by atoms with Crippen molar-refractivity contribution in [3.8, 4) is 5.75 Å². The van der Waals surface area contributed by atoms with Crippen molar-refractivity contribution in [3.63, 3.8) is 0 Å². The predicted molar refractivity (Wildman–Crippen MR) is 132 cm³/mol. The molecule has 3 aromatic carbocycles. The average molecular weight is 486 g/mol. The molecule has 3 aromatic rings. The van der Waals surface area contributed by atoms with Gasteiger partial charge in [-0.05, 0) is 55.8 Å². The second-order valence-corrected chi connectivity index (χ2v) is 10.1. The van der Waals surface area contributed by atoms with Gasteiger partial charge in [-0.3, -0.25) is 9.10 Å². The molecule has 0 aliphatic heterocycles. The van der Waals surface area contributed by atoms with E-state index in [-0.39, 0.29) is 24.2 Å². The van der Waals surface area contributed by atoms with E-state index in [1.54, 1.807) is 48.5 Å². The molecule has 1 N–H and O–H groups in total. The number of benzene rings is 3. The van der Waals surface area contributed by atoms with Crippen LogP contribution in [-0.4, -0.2) is 38.8 Å². The SMILES string of the molecule is CC(C)Oc1ccccc1NC(=O)c1ccc(CN(c2ccccc2F)S(=O)(=O)N(C)C)cc1. The zero-order valence-electron chi connectivity index (χ0n) is 19.5. The molecule has 3 rings (SSSR count). The maximum absolute atomic E-state index is 14.4. The van der Waals surface area contributed by atoms with Gasteiger partial charge in [0, 0.05) is 19.7 Å². The van der Waals surface area contributed by atoms with Crippen molar-refractivity contribution in [1.29, 1.82) is 0 Å². The quantitative estimate of drug-likeness (QED) is 0.477. The normalized spacial score (nSPS) is 11.5. The summed E-state index contributed by atoms with van der Waals surface area (Å²) in [5.74, 6) is -0.415. The third-order valence-corrected chi connectivity index (χ3v) is 6.71. The second-order valence-electron chi connectivity index (χ2n) is 8.06. The summed E-state index contributed by atoms with van der Waals surface area (Å²) in [6.07, 6.45) is -0.0480. The van der Waals surface area contributed by atoms with Gasteiger partial charge in [0.2, 0.25) is 0 Å². The van der Waals surface area contributed by atoms with Crippen LogP contribution in [0, 0.1) is 5.82 Å². The van der Waals surface area contributed by atoms with Gasteiger partial charge in [-0.2, -0.15) is 12.7 Å². The van der Waals surface area contributed by atoms with Crippen LogP contribution in [0.1, 0.15) is 29.8 Å². The van der Waals surface area contributed by atoms with Crippen molar-refractivity contribution < 1.29 is 22.3 Å². The number of para-hydroxylation sites is 3. The maximum Gasteiger partial charge on any atom is 0.303 e. The Morgan fingerprint density at radius 1 is 0.971 bits per heavy atom. The van der Waals surface area contributed by atoms with Crippen LogP contribution in [0.15, 0.2) is 72.8 Å². The summed E-state index contributed by atoms with van der Waals surface area (Å²) < 4.78 is 48.0. The van der Waals surface area contributed by atoms with Crippen LogP contribution in [0.3, 0.4) is 0 Å². The highest BCUT2D eigenvalue weighted by molar-refractivity contribution is 7.90. The number of carbonyl (C=O) groups excluding carboxylic acids is 1. The highest BCUT2D eigenvalue weighted by Crippen LogP contribution is 2.27. The Bertz CT molecular complexity index is 1250. The largest absolute Gasteiger partial charge is 0.489 e. The summed E-state index contributed by atoms with van der Waals surface area (Å²) in [4.78, 5) is 12.8. The molecule has 180 valence electrons. The van der Waals surface area contributed by atoms with Crippen LogP contribution in [0.25, 0.3) is 0 Å². The predicted octanol–water partition coefficient (Wildman–Crippen LogP) is 4.68. The fourth-order valence-corrected chi connectivity index (χ4v) is 4.29. The van der Waals surface area contributed by atoms with E-state index < -0.39 is 16.0 Å². The molecule has 0 saturated heterocycles. The van der Waals surface area contributed by atoms with E-state index in [0.29, 0.717) is 22.6 Å². The number of hydrogen-bond acceptors (Lipinski definition) is 4. The van der Waals surface area contributed by atoms with E-state index in [9.17, 15) is 17.6 Å². The first-order valence-corrected chi connectivity index (χ1v) is 12.1. The van der Waals surface area contributed by atoms with E-state index in [0.717, 1.165) is 8.61 Å². The molecular formula is C25H28FN3O4S. The summed E-state index contributed by atoms with van der Waals surface area (Å²) in [7, 11) is -1.19. The first-order chi connectivity index (χ1) is 16.1. The minimum Gasteiger partial charge on any atom is -0.489 e. The third-order valence-electron chi connectivity index (χ3n) is 4.90. The van der Waals surface area contributed by atoms with E-state index in [1.807, 2.05) is 19.9 Å². The van der Waals surface area contributed by atoms with Gasteiger partial charge in [0.05, 0.1) is 24.0 Å². The summed E-state index contributed by atoms with van der Waals surface area (Å²) in [5, 5.41) is 2.84. The molecule has 34 heavy (non-hydrogen) atoms. The van der Waals surface area contributed by atoms with E-state index in [2.05, 4.69) is 5.32 Å². The highest BCUT2D eigenvalue weighted by atomic mass is 32.2. The molecule has 1 amide bonds. The van der Waals surface area contributed by atoms with Crippen molar-refractivity contribution >= 4 is 27.5 Å². The van der Waals surface area contributed by atoms with Crippen LogP contribution in [0.2, 0.25) is 0 Å². The first kappa shape index (κ1) is 25.2. The zero-order chi connectivity index (χ0) is 24.9. The molecule has 0 spiro atoms. The number of nitrogens with one attached hydrogen (secondary N) is 1. The molecule has 7 nitrogen and oxygen atoms in total. The Kier molecular flexibility index (Phi) is 7.90. The van der Waals surface area contributed by atoms with Crippen LogP contribution >= 0.6 is 0 Å². The van der Waals surface area contributed by atoms with Crippen molar-refractivity contribution in [2.24, 2.45) is 0 Å². The number of anilines is 2. The molecule has 0 radical (unpaired) electrons. The summed E-state index contributed by atoms with van der Waals surface area (Å²) in [6, 6.07) is 19.3. The monoisotopic (exact) mass is 485 g/mol. The molecule has 0 aliphatic carbocycles. The van der Waals surface area contributed by atoms with E-state index in [4.69, 9.17) is 4.74 Å². The Labute approximate surface area is 200 Å². The molecule has 0 unspecified atom stereocenters. The molecule has 0 aliphatic rings. The van der Waals surface area contributed by atoms with Gasteiger partial charge in [0.15, 0.2) is 0 Å². The summed E-state index contributed by atoms with van der Waals surface area (Å²) in [6.45, 7) is 3.70. The number of amides is 1. The Hall–Kier alpha value is -3.43. The van der Waals surface area contributed by atoms with Gasteiger partial charge in [0.1, 0.15) is 11.6 Å². The van der Waals surface area contributed by atoms with Crippen LogP contribution < -0.4 is 14.4 Å². The van der Waals surface area contributed by atoms with Crippen molar-refractivity contribution in [2.45, 2.75) is 26.5 Å². The van der Waals surface area contributed by atoms with Gasteiger partial charge < -0.3 is 10.1 Å². The molecular weight excluding hydrogens is 457 g/mol. The number of rotatable bonds is 9. The van der Waals surface area contributed by atoms with E-state index >= 15 is 0 Å². The minimum atomic E-state index is -3.96. The molecule has 9 heteroatoms. The highest BCUT2D eigenvalue weighted by Gasteiger charge is 2.27. The molecule has 0 atom stereocenters. The topological polar surface area (TPSA) is 79.0 Å². The molecule has 0 heterocycles. The number of nitrogens with zero attached hydrogens (tertiary/aromatic N) is 2. The van der Waals surface area contributed by atoms with Gasteiger partial charge in [-0.1, -0.05) is 36.4 Å². The van der Waals surface area contributed by atoms with Crippen molar-refractivity contribution in [3.05, 3.63) is 89.7 Å². The van der Waals surface area contributed by atoms with Crippen LogP contribution in [-0.2, 0) is 16.8 Å². The maximum atomic E-state index is 14.4. The van der Waals surface area contributed by atoms with Gasteiger partial charge >= 0.3 is 10.2 Å². The lowest BCUT2D eigenvalue weighted by Gasteiger charge is -2.27. The fourth-order valence-electron chi connectivity index (χ4n) is 3.19. The standard InChI is InChI=1S/C25H28FN3O4S/c1-18(2)33-24-12-8-6-10-22(24)27-25(30)20-15-13-19(14-16-20)17-29(34(31,32)28(3)4)23-11-7-5-9-21(23)26/h5-16,18H,17H2,1-4H3,(H,27,30). The second kappa shape index (κ2) is 10.7. The van der Waals surface area contributed by atoms with Crippen molar-refractivity contribution in [1.82, 2.24) is 4.31 Å². The number of halogens is 1. The van der Waals surface area contributed by atoms with Gasteiger partial charge in [-0.15, -0.1) is 0 Å². The minimum absolute atomic E-state index is 0.0480. The van der Waals surface area contributed by atoms with E-state index in [1.165, 1.54) is 32.3 Å². The van der Waals surface area contributed by atoms with Crippen molar-refractivity contribution in [2.75, 3.05) is 23.7 Å². The zero-order valence-corrected chi connectivity index (χ0v) is 20.3. The lowest BCUT2D eigenvalue weighted by Crippen LogP contribution is -2.40. The first-order valence-electron chi connectivity index (χ1n) is 10.7. The molecule has 0 bridgehead atoms. The average Bonchev–Trinajstić information content (AvgIpc) is 2.79. The molecule has 0 fully saturated rings. The van der Waals surface area contributed by atoms with Crippen LogP contribution in [0.4, 0.5) is 15.8 Å². The Balaban J connectivity index is 1.82. The molecule has 0 saturated carbocycles. The van der Waals surface area contributed by atoms with Crippen LogP contribution in [0.5, 0.6) is 5.75 Å². The van der Waals surface area contributed by atoms with Gasteiger partial charge in [-0.25, -0.2) is 4.39 Å². The summed E-state index contributed by atoms with van der Waals surface area (Å²) in [5.41, 5.74) is 1.47. The smallest absolute Gasteiger partial charge is 0.303 e.